The second-order valence-corrected chi connectivity index (χ2v) is 10.8. The van der Waals surface area contributed by atoms with Gasteiger partial charge >= 0.3 is 0 Å². The fourth-order valence-corrected chi connectivity index (χ4v) is 6.87. The molecule has 0 spiro atoms. The molecule has 0 saturated heterocycles. The van der Waals surface area contributed by atoms with Gasteiger partial charge in [0.15, 0.2) is 0 Å². The lowest BCUT2D eigenvalue weighted by atomic mass is 9.83. The number of fused-ring (bicyclic) bond motifs is 2. The Bertz CT molecular complexity index is 2340. The van der Waals surface area contributed by atoms with Gasteiger partial charge in [0, 0.05) is 10.8 Å². The number of rotatable bonds is 3. The summed E-state index contributed by atoms with van der Waals surface area (Å²) >= 11 is 0. The van der Waals surface area contributed by atoms with Gasteiger partial charge in [-0.25, -0.2) is 0 Å². The average molecular weight is 521 g/mol. The lowest BCUT2D eigenvalue weighted by Crippen LogP contribution is -1.92. The minimum Gasteiger partial charge on any atom is -0.456 e. The third kappa shape index (κ3) is 3.24. The molecule has 1 nitrogen and oxygen atoms in total. The van der Waals surface area contributed by atoms with E-state index in [1.54, 1.807) is 0 Å². The first kappa shape index (κ1) is 22.4. The molecule has 0 bridgehead atoms. The summed E-state index contributed by atoms with van der Waals surface area (Å²) in [5, 5.41) is 9.91. The van der Waals surface area contributed by atoms with Crippen LogP contribution in [0.4, 0.5) is 0 Å². The molecular formula is C40H24O. The quantitative estimate of drug-likeness (QED) is 0.167. The molecule has 9 rings (SSSR count). The Hall–Kier alpha value is -5.40. The monoisotopic (exact) mass is 520 g/mol. The highest BCUT2D eigenvalue weighted by Crippen LogP contribution is 2.48. The summed E-state index contributed by atoms with van der Waals surface area (Å²) in [6, 6.07) is 52.6. The van der Waals surface area contributed by atoms with E-state index >= 15 is 0 Å². The van der Waals surface area contributed by atoms with E-state index in [1.165, 1.54) is 76.5 Å². The van der Waals surface area contributed by atoms with Gasteiger partial charge in [-0.3, -0.25) is 0 Å². The third-order valence-corrected chi connectivity index (χ3v) is 8.63. The van der Waals surface area contributed by atoms with E-state index in [0.29, 0.717) is 0 Å². The van der Waals surface area contributed by atoms with E-state index in [9.17, 15) is 0 Å². The van der Waals surface area contributed by atoms with Crippen molar-refractivity contribution in [2.75, 3.05) is 0 Å². The van der Waals surface area contributed by atoms with Crippen molar-refractivity contribution in [3.05, 3.63) is 146 Å². The summed E-state index contributed by atoms with van der Waals surface area (Å²) in [4.78, 5) is 0. The Kier molecular flexibility index (Phi) is 4.67. The molecule has 0 aliphatic carbocycles. The molecule has 1 aromatic heterocycles. The zero-order chi connectivity index (χ0) is 26.9. The Morgan fingerprint density at radius 2 is 0.854 bits per heavy atom. The van der Waals surface area contributed by atoms with Gasteiger partial charge in [0.05, 0.1) is 0 Å². The van der Waals surface area contributed by atoms with E-state index in [2.05, 4.69) is 146 Å². The third-order valence-electron chi connectivity index (χ3n) is 8.63. The Balaban J connectivity index is 1.38. The molecule has 0 N–H and O–H groups in total. The van der Waals surface area contributed by atoms with E-state index in [0.717, 1.165) is 11.2 Å². The summed E-state index contributed by atoms with van der Waals surface area (Å²) in [7, 11) is 0. The van der Waals surface area contributed by atoms with Crippen LogP contribution < -0.4 is 0 Å². The standard InChI is InChI=1S/C40H24O/c1-2-10-25(11-3-1)26-20-22-27(23-21-26)37-29-13-4-6-15-31(29)39(32-16-7-5-14-30(32)37)34-24-28-12-8-18-35-38(28)40-33(34)17-9-19-36(40)41-35/h1-24H. The molecular weight excluding hydrogens is 496 g/mol. The molecule has 0 saturated carbocycles. The van der Waals surface area contributed by atoms with Crippen LogP contribution >= 0.6 is 0 Å². The number of furan rings is 1. The first-order chi connectivity index (χ1) is 20.3. The van der Waals surface area contributed by atoms with Crippen LogP contribution in [-0.2, 0) is 0 Å². The highest BCUT2D eigenvalue weighted by molar-refractivity contribution is 6.29. The van der Waals surface area contributed by atoms with Gasteiger partial charge in [-0.05, 0) is 83.9 Å². The predicted molar refractivity (Wildman–Crippen MR) is 174 cm³/mol. The van der Waals surface area contributed by atoms with Crippen LogP contribution in [0, 0.1) is 0 Å². The van der Waals surface area contributed by atoms with Gasteiger partial charge in [0.25, 0.3) is 0 Å². The summed E-state index contributed by atoms with van der Waals surface area (Å²) in [6.07, 6.45) is 0. The Labute approximate surface area is 237 Å². The Morgan fingerprint density at radius 3 is 1.54 bits per heavy atom. The summed E-state index contributed by atoms with van der Waals surface area (Å²) in [5.74, 6) is 0. The largest absolute Gasteiger partial charge is 0.456 e. The number of benzene rings is 8. The molecule has 41 heavy (non-hydrogen) atoms. The van der Waals surface area contributed by atoms with Gasteiger partial charge in [-0.2, -0.15) is 0 Å². The second kappa shape index (κ2) is 8.55. The van der Waals surface area contributed by atoms with E-state index in [1.807, 2.05) is 0 Å². The molecule has 0 atom stereocenters. The first-order valence-corrected chi connectivity index (χ1v) is 14.1. The van der Waals surface area contributed by atoms with Crippen LogP contribution in [0.25, 0.3) is 87.6 Å². The van der Waals surface area contributed by atoms with Crippen molar-refractivity contribution >= 4 is 54.3 Å². The predicted octanol–water partition coefficient (Wildman–Crippen LogP) is 11.5. The summed E-state index contributed by atoms with van der Waals surface area (Å²) in [5.41, 5.74) is 9.38. The van der Waals surface area contributed by atoms with Gasteiger partial charge in [-0.15, -0.1) is 0 Å². The highest BCUT2D eigenvalue weighted by Gasteiger charge is 2.21. The molecule has 0 aliphatic rings. The maximum Gasteiger partial charge on any atom is 0.136 e. The second-order valence-electron chi connectivity index (χ2n) is 10.8. The zero-order valence-corrected chi connectivity index (χ0v) is 22.3. The SMILES string of the molecule is c1ccc(-c2ccc(-c3c4ccccc4c(-c4cc5cccc6oc7cccc4c7c56)c4ccccc34)cc2)cc1. The number of hydrogen-bond donors (Lipinski definition) is 0. The molecule has 0 amide bonds. The van der Waals surface area contributed by atoms with Crippen LogP contribution in [0.2, 0.25) is 0 Å². The van der Waals surface area contributed by atoms with Crippen molar-refractivity contribution in [1.82, 2.24) is 0 Å². The van der Waals surface area contributed by atoms with Gasteiger partial charge in [0.1, 0.15) is 11.2 Å². The van der Waals surface area contributed by atoms with Crippen molar-refractivity contribution in [2.45, 2.75) is 0 Å². The van der Waals surface area contributed by atoms with E-state index in [4.69, 9.17) is 4.42 Å². The van der Waals surface area contributed by atoms with Crippen molar-refractivity contribution < 1.29 is 4.42 Å². The molecule has 190 valence electrons. The van der Waals surface area contributed by atoms with Gasteiger partial charge in [0.2, 0.25) is 0 Å². The van der Waals surface area contributed by atoms with Crippen LogP contribution in [0.1, 0.15) is 0 Å². The van der Waals surface area contributed by atoms with E-state index in [-0.39, 0.29) is 0 Å². The fourth-order valence-electron chi connectivity index (χ4n) is 6.87. The van der Waals surface area contributed by atoms with Gasteiger partial charge < -0.3 is 4.42 Å². The first-order valence-electron chi connectivity index (χ1n) is 14.1. The van der Waals surface area contributed by atoms with Crippen molar-refractivity contribution in [3.8, 4) is 33.4 Å². The van der Waals surface area contributed by atoms with Crippen molar-refractivity contribution in [2.24, 2.45) is 0 Å². The van der Waals surface area contributed by atoms with Gasteiger partial charge in [-0.1, -0.05) is 127 Å². The minimum atomic E-state index is 0.944. The summed E-state index contributed by atoms with van der Waals surface area (Å²) < 4.78 is 6.30. The average Bonchev–Trinajstić information content (AvgIpc) is 3.43. The lowest BCUT2D eigenvalue weighted by Gasteiger charge is -2.19. The molecule has 0 unspecified atom stereocenters. The molecule has 8 aromatic carbocycles. The van der Waals surface area contributed by atoms with E-state index < -0.39 is 0 Å². The molecule has 1 heteroatoms. The molecule has 0 radical (unpaired) electrons. The topological polar surface area (TPSA) is 13.1 Å². The maximum atomic E-state index is 6.30. The Morgan fingerprint density at radius 1 is 0.341 bits per heavy atom. The minimum absolute atomic E-state index is 0.944. The maximum absolute atomic E-state index is 6.30. The number of hydrogen-bond acceptors (Lipinski definition) is 1. The van der Waals surface area contributed by atoms with Crippen molar-refractivity contribution in [1.29, 1.82) is 0 Å². The molecule has 0 aliphatic heterocycles. The lowest BCUT2D eigenvalue weighted by molar-refractivity contribution is 0.669. The van der Waals surface area contributed by atoms with Crippen LogP contribution in [0.15, 0.2) is 150 Å². The zero-order valence-electron chi connectivity index (χ0n) is 22.3. The smallest absolute Gasteiger partial charge is 0.136 e. The normalized spacial score (nSPS) is 11.9. The fraction of sp³-hybridized carbons (Fsp3) is 0. The molecule has 9 aromatic rings. The van der Waals surface area contributed by atoms with Crippen molar-refractivity contribution in [3.63, 3.8) is 0 Å². The molecule has 1 heterocycles. The van der Waals surface area contributed by atoms with Crippen LogP contribution in [0.5, 0.6) is 0 Å². The van der Waals surface area contributed by atoms with Crippen LogP contribution in [-0.4, -0.2) is 0 Å². The van der Waals surface area contributed by atoms with Crippen LogP contribution in [0.3, 0.4) is 0 Å². The highest BCUT2D eigenvalue weighted by atomic mass is 16.3. The molecule has 0 fully saturated rings. The summed E-state index contributed by atoms with van der Waals surface area (Å²) in [6.45, 7) is 0.